The van der Waals surface area contributed by atoms with E-state index < -0.39 is 11.1 Å². The lowest BCUT2D eigenvalue weighted by molar-refractivity contribution is -0.0676. The van der Waals surface area contributed by atoms with E-state index in [-0.39, 0.29) is 17.8 Å². The molecule has 3 atom stereocenters. The fourth-order valence-electron chi connectivity index (χ4n) is 7.56. The molecule has 2 saturated carbocycles. The van der Waals surface area contributed by atoms with Crippen LogP contribution >= 0.6 is 0 Å². The van der Waals surface area contributed by atoms with Crippen LogP contribution in [0.25, 0.3) is 11.3 Å². The maximum absolute atomic E-state index is 11.9. The second-order valence-electron chi connectivity index (χ2n) is 12.8. The SMILES string of the molecule is CNC1CC2(C1)CC(C(c1cccc(S(=O)[O-])c1)[C@@H](COc1cc(-c3c(C)cccc3C)nc(N)n1)CC(C)C)C2. The van der Waals surface area contributed by atoms with Crippen molar-refractivity contribution < 1.29 is 13.5 Å². The van der Waals surface area contributed by atoms with Gasteiger partial charge in [0, 0.05) is 28.5 Å². The molecule has 41 heavy (non-hydrogen) atoms. The fourth-order valence-corrected chi connectivity index (χ4v) is 7.99. The zero-order valence-corrected chi connectivity index (χ0v) is 25.7. The van der Waals surface area contributed by atoms with Crippen LogP contribution in [-0.4, -0.2) is 38.4 Å². The highest BCUT2D eigenvalue weighted by atomic mass is 32.2. The Bertz CT molecular complexity index is 1380. The summed E-state index contributed by atoms with van der Waals surface area (Å²) in [6, 6.07) is 16.2. The summed E-state index contributed by atoms with van der Waals surface area (Å²) in [7, 11) is 2.05. The Balaban J connectivity index is 1.43. The number of anilines is 1. The Morgan fingerprint density at radius 2 is 1.76 bits per heavy atom. The van der Waals surface area contributed by atoms with E-state index in [9.17, 15) is 8.76 Å². The van der Waals surface area contributed by atoms with Gasteiger partial charge in [-0.05, 0) is 116 Å². The van der Waals surface area contributed by atoms with Crippen molar-refractivity contribution in [2.24, 2.45) is 23.2 Å². The van der Waals surface area contributed by atoms with Gasteiger partial charge in [0.1, 0.15) is 0 Å². The molecular weight excluding hydrogens is 532 g/mol. The smallest absolute Gasteiger partial charge is 0.223 e. The molecule has 7 nitrogen and oxygen atoms in total. The minimum Gasteiger partial charge on any atom is -0.768 e. The first-order valence-corrected chi connectivity index (χ1v) is 15.9. The number of nitrogen functional groups attached to an aromatic ring is 1. The van der Waals surface area contributed by atoms with Crippen molar-refractivity contribution in [2.45, 2.75) is 76.7 Å². The summed E-state index contributed by atoms with van der Waals surface area (Å²) in [4.78, 5) is 9.31. The predicted octanol–water partition coefficient (Wildman–Crippen LogP) is 6.18. The topological polar surface area (TPSA) is 113 Å². The average Bonchev–Trinajstić information content (AvgIpc) is 2.87. The van der Waals surface area contributed by atoms with E-state index >= 15 is 0 Å². The number of nitrogens with one attached hydrogen (secondary N) is 1. The van der Waals surface area contributed by atoms with Crippen molar-refractivity contribution in [3.8, 4) is 17.1 Å². The summed E-state index contributed by atoms with van der Waals surface area (Å²) in [5.74, 6) is 1.97. The summed E-state index contributed by atoms with van der Waals surface area (Å²) in [6.45, 7) is 9.08. The van der Waals surface area contributed by atoms with Crippen LogP contribution in [0.3, 0.4) is 0 Å². The first kappa shape index (κ1) is 29.7. The molecule has 8 heteroatoms. The highest BCUT2D eigenvalue weighted by Crippen LogP contribution is 2.63. The third-order valence-corrected chi connectivity index (χ3v) is 9.92. The molecule has 220 valence electrons. The molecule has 2 aliphatic carbocycles. The summed E-state index contributed by atoms with van der Waals surface area (Å²) >= 11 is -2.27. The largest absolute Gasteiger partial charge is 0.768 e. The number of benzene rings is 2. The molecule has 2 fully saturated rings. The van der Waals surface area contributed by atoms with E-state index in [1.165, 1.54) is 25.7 Å². The van der Waals surface area contributed by atoms with Gasteiger partial charge in [-0.2, -0.15) is 4.98 Å². The summed E-state index contributed by atoms with van der Waals surface area (Å²) in [5, 5.41) is 3.42. The third kappa shape index (κ3) is 6.50. The van der Waals surface area contributed by atoms with Crippen molar-refractivity contribution in [2.75, 3.05) is 19.4 Å². The maximum Gasteiger partial charge on any atom is 0.223 e. The molecule has 2 aliphatic rings. The lowest BCUT2D eigenvalue weighted by atomic mass is 9.46. The van der Waals surface area contributed by atoms with E-state index in [0.717, 1.165) is 34.4 Å². The van der Waals surface area contributed by atoms with Crippen LogP contribution in [0.15, 0.2) is 53.4 Å². The average molecular weight is 576 g/mol. The normalized spacial score (nSPS) is 24.0. The lowest BCUT2D eigenvalue weighted by Gasteiger charge is -2.60. The molecule has 3 N–H and O–H groups in total. The molecule has 2 aromatic carbocycles. The molecule has 1 aromatic heterocycles. The summed E-state index contributed by atoms with van der Waals surface area (Å²) < 4.78 is 30.2. The lowest BCUT2D eigenvalue weighted by Crippen LogP contribution is -2.55. The number of rotatable bonds is 11. The van der Waals surface area contributed by atoms with Crippen LogP contribution in [0, 0.1) is 37.0 Å². The van der Waals surface area contributed by atoms with Crippen LogP contribution in [0.4, 0.5) is 5.95 Å². The van der Waals surface area contributed by atoms with Crippen molar-refractivity contribution in [3.63, 3.8) is 0 Å². The Morgan fingerprint density at radius 1 is 1.07 bits per heavy atom. The molecular formula is C33H43N4O3S-. The predicted molar refractivity (Wildman–Crippen MR) is 163 cm³/mol. The molecule has 0 radical (unpaired) electrons. The first-order chi connectivity index (χ1) is 19.6. The van der Waals surface area contributed by atoms with Crippen molar-refractivity contribution in [1.29, 1.82) is 0 Å². The fraction of sp³-hybridized carbons (Fsp3) is 0.515. The van der Waals surface area contributed by atoms with E-state index in [0.29, 0.717) is 40.7 Å². The molecule has 3 aromatic rings. The van der Waals surface area contributed by atoms with Crippen molar-refractivity contribution >= 4 is 17.0 Å². The van der Waals surface area contributed by atoms with Gasteiger partial charge < -0.3 is 20.3 Å². The minimum atomic E-state index is -2.27. The number of aromatic nitrogens is 2. The Labute approximate surface area is 247 Å². The highest BCUT2D eigenvalue weighted by Gasteiger charge is 2.55. The van der Waals surface area contributed by atoms with Gasteiger partial charge in [0.25, 0.3) is 0 Å². The molecule has 0 bridgehead atoms. The molecule has 5 rings (SSSR count). The van der Waals surface area contributed by atoms with E-state index in [1.54, 1.807) is 6.07 Å². The summed E-state index contributed by atoms with van der Waals surface area (Å²) in [5.41, 5.74) is 11.7. The molecule has 1 spiro atoms. The second kappa shape index (κ2) is 12.2. The Kier molecular flexibility index (Phi) is 8.83. The zero-order chi connectivity index (χ0) is 29.3. The molecule has 0 aliphatic heterocycles. The number of hydrogen-bond donors (Lipinski definition) is 2. The van der Waals surface area contributed by atoms with Crippen molar-refractivity contribution in [3.05, 3.63) is 65.2 Å². The van der Waals surface area contributed by atoms with Gasteiger partial charge in [-0.25, -0.2) is 4.98 Å². The van der Waals surface area contributed by atoms with Gasteiger partial charge in [-0.15, -0.1) is 0 Å². The van der Waals surface area contributed by atoms with Gasteiger partial charge in [0.05, 0.1) is 12.3 Å². The molecule has 2 unspecified atom stereocenters. The quantitative estimate of drug-likeness (QED) is 0.262. The van der Waals surface area contributed by atoms with Crippen LogP contribution in [0.2, 0.25) is 0 Å². The highest BCUT2D eigenvalue weighted by molar-refractivity contribution is 7.79. The molecule has 1 heterocycles. The van der Waals surface area contributed by atoms with Crippen LogP contribution in [0.5, 0.6) is 5.88 Å². The second-order valence-corrected chi connectivity index (χ2v) is 13.8. The zero-order valence-electron chi connectivity index (χ0n) is 24.9. The van der Waals surface area contributed by atoms with Gasteiger partial charge in [0.2, 0.25) is 11.8 Å². The first-order valence-electron chi connectivity index (χ1n) is 14.8. The number of nitrogens with zero attached hydrogens (tertiary/aromatic N) is 2. The van der Waals surface area contributed by atoms with E-state index in [4.69, 9.17) is 10.5 Å². The van der Waals surface area contributed by atoms with Crippen LogP contribution < -0.4 is 15.8 Å². The number of ether oxygens (including phenoxy) is 1. The molecule has 0 saturated heterocycles. The van der Waals surface area contributed by atoms with Gasteiger partial charge >= 0.3 is 0 Å². The maximum atomic E-state index is 11.9. The number of nitrogens with two attached hydrogens (primary N) is 1. The van der Waals surface area contributed by atoms with Gasteiger partial charge in [-0.3, -0.25) is 4.21 Å². The van der Waals surface area contributed by atoms with E-state index in [1.807, 2.05) is 31.3 Å². The number of aryl methyl sites for hydroxylation is 2. The van der Waals surface area contributed by atoms with E-state index in [2.05, 4.69) is 61.2 Å². The van der Waals surface area contributed by atoms with Crippen LogP contribution in [-0.2, 0) is 11.1 Å². The molecule has 0 amide bonds. The van der Waals surface area contributed by atoms with Crippen molar-refractivity contribution in [1.82, 2.24) is 15.3 Å². The minimum absolute atomic E-state index is 0.188. The monoisotopic (exact) mass is 575 g/mol. The Morgan fingerprint density at radius 3 is 2.39 bits per heavy atom. The van der Waals surface area contributed by atoms with Crippen LogP contribution in [0.1, 0.15) is 68.6 Å². The number of hydrogen-bond acceptors (Lipinski definition) is 7. The van der Waals surface area contributed by atoms with Gasteiger partial charge in [0.15, 0.2) is 0 Å². The standard InChI is InChI=1S/C33H44N4O3S/c1-20(2)12-24(19-40-29-14-28(36-32(34)37-29)30-21(3)8-6-9-22(30)4)31(23-10-7-11-27(13-23)41(38)39)25-15-33(16-25)17-26(18-33)35-5/h6-11,13-14,20,24-26,31,35H,12,15-19H2,1-5H3,(H,38,39)(H2,34,36,37)/p-1/t24-,25?,26?,31?,33?/m1/s1. The third-order valence-electron chi connectivity index (χ3n) is 9.29. The summed E-state index contributed by atoms with van der Waals surface area (Å²) in [6.07, 6.45) is 5.76. The Hall–Kier alpha value is -2.81. The van der Waals surface area contributed by atoms with Gasteiger partial charge in [-0.1, -0.05) is 44.2 Å².